The zero-order valence-electron chi connectivity index (χ0n) is 15.0. The van der Waals surface area contributed by atoms with Gasteiger partial charge in [0.25, 0.3) is 0 Å². The van der Waals surface area contributed by atoms with Crippen LogP contribution >= 0.6 is 0 Å². The quantitative estimate of drug-likeness (QED) is 0.884. The van der Waals surface area contributed by atoms with E-state index in [9.17, 15) is 0 Å². The molecule has 1 heterocycles. The van der Waals surface area contributed by atoms with Crippen molar-refractivity contribution in [2.24, 2.45) is 5.73 Å². The molecule has 0 amide bonds. The molecule has 0 bridgehead atoms. The van der Waals surface area contributed by atoms with E-state index in [1.54, 1.807) is 0 Å². The molecule has 2 aromatic rings. The maximum absolute atomic E-state index is 6.25. The van der Waals surface area contributed by atoms with Crippen LogP contribution in [-0.2, 0) is 6.54 Å². The first kappa shape index (κ1) is 17.2. The summed E-state index contributed by atoms with van der Waals surface area (Å²) < 4.78 is 0. The first-order chi connectivity index (χ1) is 11.7. The van der Waals surface area contributed by atoms with Crippen molar-refractivity contribution in [3.63, 3.8) is 0 Å². The Morgan fingerprint density at radius 2 is 1.83 bits per heavy atom. The standard InChI is InChI=1S/C22H30N2/c1-17-11-12-20(14-18(17)2)21(15-23)22-10-6-7-13-24(22)16-19-8-4-3-5-9-19/h3-5,8-9,11-12,14,21-22H,6-7,10,13,15-16,23H2,1-2H3. The maximum Gasteiger partial charge on any atom is 0.0236 e. The van der Waals surface area contributed by atoms with E-state index in [4.69, 9.17) is 5.73 Å². The van der Waals surface area contributed by atoms with E-state index in [-0.39, 0.29) is 0 Å². The molecule has 2 atom stereocenters. The molecular weight excluding hydrogens is 292 g/mol. The molecule has 2 heteroatoms. The molecule has 128 valence electrons. The Bertz CT molecular complexity index is 650. The number of likely N-dealkylation sites (tertiary alicyclic amines) is 1. The lowest BCUT2D eigenvalue weighted by Crippen LogP contribution is -2.44. The molecule has 0 saturated carbocycles. The van der Waals surface area contributed by atoms with E-state index in [0.29, 0.717) is 12.0 Å². The van der Waals surface area contributed by atoms with Crippen molar-refractivity contribution in [2.45, 2.75) is 51.6 Å². The van der Waals surface area contributed by atoms with Gasteiger partial charge in [-0.1, -0.05) is 55.0 Å². The van der Waals surface area contributed by atoms with Crippen LogP contribution in [0.5, 0.6) is 0 Å². The van der Waals surface area contributed by atoms with Crippen LogP contribution in [0.1, 0.15) is 47.4 Å². The maximum atomic E-state index is 6.25. The van der Waals surface area contributed by atoms with Gasteiger partial charge >= 0.3 is 0 Å². The van der Waals surface area contributed by atoms with Gasteiger partial charge < -0.3 is 5.73 Å². The minimum absolute atomic E-state index is 0.424. The molecule has 0 aliphatic carbocycles. The smallest absolute Gasteiger partial charge is 0.0236 e. The molecule has 24 heavy (non-hydrogen) atoms. The normalized spacial score (nSPS) is 20.0. The highest BCUT2D eigenvalue weighted by atomic mass is 15.2. The molecule has 3 rings (SSSR count). The van der Waals surface area contributed by atoms with Crippen molar-refractivity contribution in [3.05, 3.63) is 70.8 Å². The monoisotopic (exact) mass is 322 g/mol. The number of rotatable bonds is 5. The Hall–Kier alpha value is -1.64. The van der Waals surface area contributed by atoms with Crippen molar-refractivity contribution < 1.29 is 0 Å². The van der Waals surface area contributed by atoms with E-state index in [1.165, 1.54) is 48.1 Å². The predicted octanol–water partition coefficient (Wildman–Crippen LogP) is 4.40. The molecule has 0 radical (unpaired) electrons. The Morgan fingerprint density at radius 1 is 1.04 bits per heavy atom. The largest absolute Gasteiger partial charge is 0.330 e. The Morgan fingerprint density at radius 3 is 2.54 bits per heavy atom. The number of piperidine rings is 1. The van der Waals surface area contributed by atoms with Crippen LogP contribution in [0.2, 0.25) is 0 Å². The molecule has 1 saturated heterocycles. The minimum atomic E-state index is 0.424. The van der Waals surface area contributed by atoms with Crippen LogP contribution in [0.3, 0.4) is 0 Å². The summed E-state index contributed by atoms with van der Waals surface area (Å²) in [5.41, 5.74) is 11.8. The lowest BCUT2D eigenvalue weighted by Gasteiger charge is -2.40. The summed E-state index contributed by atoms with van der Waals surface area (Å²) in [5, 5.41) is 0. The summed E-state index contributed by atoms with van der Waals surface area (Å²) in [6.45, 7) is 7.32. The van der Waals surface area contributed by atoms with Gasteiger partial charge in [0.15, 0.2) is 0 Å². The van der Waals surface area contributed by atoms with Crippen molar-refractivity contribution in [3.8, 4) is 0 Å². The van der Waals surface area contributed by atoms with Gasteiger partial charge in [-0.3, -0.25) is 4.90 Å². The molecular formula is C22H30N2. The van der Waals surface area contributed by atoms with Gasteiger partial charge in [0.05, 0.1) is 0 Å². The highest BCUT2D eigenvalue weighted by Crippen LogP contribution is 2.31. The van der Waals surface area contributed by atoms with Crippen LogP contribution < -0.4 is 5.73 Å². The second-order valence-corrected chi connectivity index (χ2v) is 7.21. The molecule has 2 unspecified atom stereocenters. The zero-order valence-corrected chi connectivity index (χ0v) is 15.0. The van der Waals surface area contributed by atoms with Crippen molar-refractivity contribution in [1.82, 2.24) is 4.90 Å². The fourth-order valence-electron chi connectivity index (χ4n) is 4.00. The third-order valence-corrected chi connectivity index (χ3v) is 5.57. The summed E-state index contributed by atoms with van der Waals surface area (Å²) in [6.07, 6.45) is 3.87. The average Bonchev–Trinajstić information content (AvgIpc) is 2.61. The average molecular weight is 322 g/mol. The SMILES string of the molecule is Cc1ccc(C(CN)C2CCCCN2Cc2ccccc2)cc1C. The number of aryl methyl sites for hydroxylation is 2. The number of hydrogen-bond donors (Lipinski definition) is 1. The lowest BCUT2D eigenvalue weighted by molar-refractivity contribution is 0.119. The fraction of sp³-hybridized carbons (Fsp3) is 0.455. The lowest BCUT2D eigenvalue weighted by atomic mass is 9.84. The molecule has 1 aliphatic heterocycles. The van der Waals surface area contributed by atoms with Crippen molar-refractivity contribution in [2.75, 3.05) is 13.1 Å². The summed E-state index contributed by atoms with van der Waals surface area (Å²) in [5.74, 6) is 0.424. The molecule has 2 aromatic carbocycles. The third-order valence-electron chi connectivity index (χ3n) is 5.57. The summed E-state index contributed by atoms with van der Waals surface area (Å²) >= 11 is 0. The second-order valence-electron chi connectivity index (χ2n) is 7.21. The van der Waals surface area contributed by atoms with Gasteiger partial charge in [-0.2, -0.15) is 0 Å². The van der Waals surface area contributed by atoms with Crippen LogP contribution in [-0.4, -0.2) is 24.0 Å². The number of hydrogen-bond acceptors (Lipinski definition) is 2. The predicted molar refractivity (Wildman–Crippen MR) is 102 cm³/mol. The van der Waals surface area contributed by atoms with E-state index < -0.39 is 0 Å². The van der Waals surface area contributed by atoms with Gasteiger partial charge in [-0.25, -0.2) is 0 Å². The summed E-state index contributed by atoms with van der Waals surface area (Å²) in [6, 6.07) is 18.3. The van der Waals surface area contributed by atoms with Gasteiger partial charge in [0.2, 0.25) is 0 Å². The second kappa shape index (κ2) is 7.96. The Balaban J connectivity index is 1.83. The molecule has 1 aliphatic rings. The van der Waals surface area contributed by atoms with Crippen LogP contribution in [0.15, 0.2) is 48.5 Å². The number of nitrogens with zero attached hydrogens (tertiary/aromatic N) is 1. The van der Waals surface area contributed by atoms with E-state index in [2.05, 4.69) is 67.3 Å². The zero-order chi connectivity index (χ0) is 16.9. The molecule has 2 N–H and O–H groups in total. The minimum Gasteiger partial charge on any atom is -0.330 e. The third kappa shape index (κ3) is 3.88. The van der Waals surface area contributed by atoms with Gasteiger partial charge in [-0.15, -0.1) is 0 Å². The number of benzene rings is 2. The van der Waals surface area contributed by atoms with Crippen LogP contribution in [0.25, 0.3) is 0 Å². The molecule has 0 spiro atoms. The van der Waals surface area contributed by atoms with Crippen molar-refractivity contribution in [1.29, 1.82) is 0 Å². The van der Waals surface area contributed by atoms with Crippen molar-refractivity contribution >= 4 is 0 Å². The van der Waals surface area contributed by atoms with Gasteiger partial charge in [-0.05, 0) is 55.5 Å². The van der Waals surface area contributed by atoms with Gasteiger partial charge in [0, 0.05) is 25.0 Å². The molecule has 0 aromatic heterocycles. The molecule has 1 fully saturated rings. The first-order valence-corrected chi connectivity index (χ1v) is 9.24. The Kier molecular flexibility index (Phi) is 5.70. The Labute approximate surface area is 146 Å². The van der Waals surface area contributed by atoms with Crippen LogP contribution in [0.4, 0.5) is 0 Å². The van der Waals surface area contributed by atoms with E-state index in [1.807, 2.05) is 0 Å². The van der Waals surface area contributed by atoms with E-state index in [0.717, 1.165) is 13.1 Å². The summed E-state index contributed by atoms with van der Waals surface area (Å²) in [7, 11) is 0. The highest BCUT2D eigenvalue weighted by molar-refractivity contribution is 5.33. The summed E-state index contributed by atoms with van der Waals surface area (Å²) in [4.78, 5) is 2.66. The first-order valence-electron chi connectivity index (χ1n) is 9.24. The number of nitrogens with two attached hydrogens (primary N) is 1. The topological polar surface area (TPSA) is 29.3 Å². The van der Waals surface area contributed by atoms with Gasteiger partial charge in [0.1, 0.15) is 0 Å². The highest BCUT2D eigenvalue weighted by Gasteiger charge is 2.30. The molecule has 2 nitrogen and oxygen atoms in total. The fourth-order valence-corrected chi connectivity index (χ4v) is 4.00. The van der Waals surface area contributed by atoms with E-state index >= 15 is 0 Å². The van der Waals surface area contributed by atoms with Crippen LogP contribution in [0, 0.1) is 13.8 Å².